The van der Waals surface area contributed by atoms with E-state index in [4.69, 9.17) is 0 Å². The summed E-state index contributed by atoms with van der Waals surface area (Å²) in [5.41, 5.74) is 0.762. The summed E-state index contributed by atoms with van der Waals surface area (Å²) >= 11 is 3.37. The summed E-state index contributed by atoms with van der Waals surface area (Å²) in [5.74, 6) is -1.90. The number of nitrogens with zero attached hydrogens (tertiary/aromatic N) is 1. The van der Waals surface area contributed by atoms with Gasteiger partial charge in [-0.3, -0.25) is 9.59 Å². The van der Waals surface area contributed by atoms with Gasteiger partial charge in [0.05, 0.1) is 5.56 Å². The Morgan fingerprint density at radius 2 is 1.96 bits per heavy atom. The number of aryl methyl sites for hydroxylation is 1. The predicted molar refractivity (Wildman–Crippen MR) is 99.4 cm³/mol. The lowest BCUT2D eigenvalue weighted by Crippen LogP contribution is -2.33. The second-order valence-electron chi connectivity index (χ2n) is 6.33. The van der Waals surface area contributed by atoms with E-state index in [9.17, 15) is 22.8 Å². The zero-order valence-electron chi connectivity index (χ0n) is 14.3. The third-order valence-corrected chi connectivity index (χ3v) is 4.93. The van der Waals surface area contributed by atoms with E-state index in [0.29, 0.717) is 18.7 Å². The summed E-state index contributed by atoms with van der Waals surface area (Å²) in [7, 11) is 0. The van der Waals surface area contributed by atoms with Crippen LogP contribution < -0.4 is 10.2 Å². The molecule has 2 amide bonds. The molecule has 1 unspecified atom stereocenters. The number of nitrogens with one attached hydrogen (secondary N) is 1. The number of hydrogen-bond donors (Lipinski definition) is 1. The molecule has 1 heterocycles. The Kier molecular flexibility index (Phi) is 5.28. The van der Waals surface area contributed by atoms with Crippen LogP contribution in [0.2, 0.25) is 0 Å². The lowest BCUT2D eigenvalue weighted by atomic mass is 10.1. The highest BCUT2D eigenvalue weighted by atomic mass is 79.9. The summed E-state index contributed by atoms with van der Waals surface area (Å²) in [5, 5.41) is 2.43. The van der Waals surface area contributed by atoms with Crippen molar-refractivity contribution in [3.8, 4) is 0 Å². The van der Waals surface area contributed by atoms with Crippen LogP contribution in [0.25, 0.3) is 0 Å². The van der Waals surface area contributed by atoms with Crippen LogP contribution in [0, 0.1) is 12.8 Å². The average Bonchev–Trinajstić information content (AvgIpc) is 2.98. The first-order valence-electron chi connectivity index (χ1n) is 8.22. The molecular formula is C19H16BrF3N2O2. The Morgan fingerprint density at radius 1 is 1.22 bits per heavy atom. The number of halogens is 4. The van der Waals surface area contributed by atoms with Gasteiger partial charge in [0.15, 0.2) is 0 Å². The Bertz CT molecular complexity index is 899. The zero-order valence-corrected chi connectivity index (χ0v) is 15.9. The highest BCUT2D eigenvalue weighted by Gasteiger charge is 2.38. The first kappa shape index (κ1) is 19.4. The monoisotopic (exact) mass is 440 g/mol. The molecule has 0 aliphatic carbocycles. The van der Waals surface area contributed by atoms with Crippen molar-refractivity contribution in [2.75, 3.05) is 16.8 Å². The van der Waals surface area contributed by atoms with Gasteiger partial charge < -0.3 is 10.2 Å². The molecule has 0 saturated carbocycles. The Labute approximate surface area is 162 Å². The largest absolute Gasteiger partial charge is 0.416 e. The van der Waals surface area contributed by atoms with Gasteiger partial charge in [0.2, 0.25) is 11.8 Å². The molecule has 0 radical (unpaired) electrons. The molecule has 3 rings (SSSR count). The average molecular weight is 441 g/mol. The number of rotatable bonds is 3. The van der Waals surface area contributed by atoms with Crippen molar-refractivity contribution in [2.24, 2.45) is 5.92 Å². The summed E-state index contributed by atoms with van der Waals surface area (Å²) in [6, 6.07) is 9.89. The first-order chi connectivity index (χ1) is 12.7. The Hall–Kier alpha value is -2.35. The third-order valence-electron chi connectivity index (χ3n) is 4.44. The van der Waals surface area contributed by atoms with E-state index < -0.39 is 23.6 Å². The number of benzene rings is 2. The van der Waals surface area contributed by atoms with Crippen molar-refractivity contribution in [1.29, 1.82) is 0 Å². The SMILES string of the molecule is Cc1ccc(Br)cc1N1CCC(C(=O)Nc2cccc(C(F)(F)F)c2)C1=O. The van der Waals surface area contributed by atoms with E-state index in [-0.39, 0.29) is 11.6 Å². The van der Waals surface area contributed by atoms with Crippen molar-refractivity contribution in [3.05, 3.63) is 58.1 Å². The van der Waals surface area contributed by atoms with Crippen LogP contribution in [0.15, 0.2) is 46.9 Å². The normalized spacial score (nSPS) is 17.3. The van der Waals surface area contributed by atoms with Gasteiger partial charge in [-0.05, 0) is 49.2 Å². The molecule has 1 N–H and O–H groups in total. The summed E-state index contributed by atoms with van der Waals surface area (Å²) in [6.07, 6.45) is -4.20. The highest BCUT2D eigenvalue weighted by Crippen LogP contribution is 2.32. The van der Waals surface area contributed by atoms with E-state index in [1.54, 1.807) is 6.07 Å². The minimum Gasteiger partial charge on any atom is -0.325 e. The zero-order chi connectivity index (χ0) is 19.8. The van der Waals surface area contributed by atoms with E-state index in [2.05, 4.69) is 21.2 Å². The maximum Gasteiger partial charge on any atom is 0.416 e. The smallest absolute Gasteiger partial charge is 0.325 e. The van der Waals surface area contributed by atoms with Crippen LogP contribution in [0.3, 0.4) is 0 Å². The Morgan fingerprint density at radius 3 is 2.67 bits per heavy atom. The fourth-order valence-electron chi connectivity index (χ4n) is 3.04. The van der Waals surface area contributed by atoms with Crippen molar-refractivity contribution >= 4 is 39.1 Å². The van der Waals surface area contributed by atoms with Gasteiger partial charge in [-0.2, -0.15) is 13.2 Å². The lowest BCUT2D eigenvalue weighted by Gasteiger charge is -2.19. The minimum absolute atomic E-state index is 0.0136. The van der Waals surface area contributed by atoms with Crippen LogP contribution in [0.1, 0.15) is 17.5 Å². The molecule has 2 aromatic carbocycles. The summed E-state index contributed by atoms with van der Waals surface area (Å²) in [6.45, 7) is 2.24. The molecule has 142 valence electrons. The molecular weight excluding hydrogens is 425 g/mol. The number of amides is 2. The van der Waals surface area contributed by atoms with Crippen molar-refractivity contribution < 1.29 is 22.8 Å². The Balaban J connectivity index is 1.75. The molecule has 27 heavy (non-hydrogen) atoms. The molecule has 1 aliphatic heterocycles. The topological polar surface area (TPSA) is 49.4 Å². The van der Waals surface area contributed by atoms with Crippen molar-refractivity contribution in [3.63, 3.8) is 0 Å². The highest BCUT2D eigenvalue weighted by molar-refractivity contribution is 9.10. The number of carbonyl (C=O) groups is 2. The van der Waals surface area contributed by atoms with Gasteiger partial charge in [0.1, 0.15) is 5.92 Å². The molecule has 8 heteroatoms. The molecule has 1 saturated heterocycles. The van der Waals surface area contributed by atoms with Crippen LogP contribution >= 0.6 is 15.9 Å². The molecule has 0 bridgehead atoms. The van der Waals surface area contributed by atoms with Gasteiger partial charge >= 0.3 is 6.18 Å². The standard InChI is InChI=1S/C19H16BrF3N2O2/c1-11-5-6-13(20)10-16(11)25-8-7-15(18(25)27)17(26)24-14-4-2-3-12(9-14)19(21,22)23/h2-6,9-10,15H,7-8H2,1H3,(H,24,26). The number of anilines is 2. The van der Waals surface area contributed by atoms with Gasteiger partial charge in [0.25, 0.3) is 0 Å². The van der Waals surface area contributed by atoms with Gasteiger partial charge in [0, 0.05) is 22.4 Å². The van der Waals surface area contributed by atoms with Crippen molar-refractivity contribution in [1.82, 2.24) is 0 Å². The molecule has 1 fully saturated rings. The molecule has 1 aliphatic rings. The molecule has 2 aromatic rings. The fourth-order valence-corrected chi connectivity index (χ4v) is 3.39. The minimum atomic E-state index is -4.50. The summed E-state index contributed by atoms with van der Waals surface area (Å²) < 4.78 is 39.2. The van der Waals surface area contributed by atoms with Crippen molar-refractivity contribution in [2.45, 2.75) is 19.5 Å². The second kappa shape index (κ2) is 7.34. The summed E-state index contributed by atoms with van der Waals surface area (Å²) in [4.78, 5) is 26.7. The molecule has 1 atom stereocenters. The maximum absolute atomic E-state index is 12.8. The van der Waals surface area contributed by atoms with Gasteiger partial charge in [-0.15, -0.1) is 0 Å². The third kappa shape index (κ3) is 4.16. The number of carbonyl (C=O) groups excluding carboxylic acids is 2. The quantitative estimate of drug-likeness (QED) is 0.698. The van der Waals surface area contributed by atoms with E-state index in [1.165, 1.54) is 17.0 Å². The van der Waals surface area contributed by atoms with Crippen LogP contribution in [0.5, 0.6) is 0 Å². The van der Waals surface area contributed by atoms with E-state index >= 15 is 0 Å². The number of alkyl halides is 3. The van der Waals surface area contributed by atoms with Crippen LogP contribution in [0.4, 0.5) is 24.5 Å². The first-order valence-corrected chi connectivity index (χ1v) is 9.02. The van der Waals surface area contributed by atoms with Crippen LogP contribution in [-0.2, 0) is 15.8 Å². The fraction of sp³-hybridized carbons (Fsp3) is 0.263. The number of hydrogen-bond acceptors (Lipinski definition) is 2. The molecule has 4 nitrogen and oxygen atoms in total. The van der Waals surface area contributed by atoms with Gasteiger partial charge in [-0.25, -0.2) is 0 Å². The lowest BCUT2D eigenvalue weighted by molar-refractivity contribution is -0.137. The van der Waals surface area contributed by atoms with Crippen LogP contribution in [-0.4, -0.2) is 18.4 Å². The van der Waals surface area contributed by atoms with E-state index in [0.717, 1.165) is 22.2 Å². The predicted octanol–water partition coefficient (Wildman–Crippen LogP) is 4.77. The molecule has 0 aromatic heterocycles. The van der Waals surface area contributed by atoms with E-state index in [1.807, 2.05) is 19.1 Å². The van der Waals surface area contributed by atoms with Gasteiger partial charge in [-0.1, -0.05) is 28.1 Å². The second-order valence-corrected chi connectivity index (χ2v) is 7.25. The molecule has 0 spiro atoms. The maximum atomic E-state index is 12.8.